The van der Waals surface area contributed by atoms with E-state index in [-0.39, 0.29) is 0 Å². The van der Waals surface area contributed by atoms with Crippen LogP contribution in [0.15, 0.2) is 0 Å². The number of alkyl halides is 2. The van der Waals surface area contributed by atoms with Gasteiger partial charge in [0.1, 0.15) is 6.61 Å². The van der Waals surface area contributed by atoms with Crippen LogP contribution in [0.5, 0.6) is 0 Å². The number of hydrogen-bond donors (Lipinski definition) is 0. The van der Waals surface area contributed by atoms with Crippen molar-refractivity contribution < 1.29 is 23.2 Å². The Morgan fingerprint density at radius 2 is 2.17 bits per heavy atom. The molecule has 0 heterocycles. The van der Waals surface area contributed by atoms with Crippen molar-refractivity contribution in [3.05, 3.63) is 10.1 Å². The summed E-state index contributed by atoms with van der Waals surface area (Å²) >= 11 is 0. The van der Waals surface area contributed by atoms with Gasteiger partial charge < -0.3 is 4.74 Å². The SMILES string of the molecule is CC(=O)C(F)(F)OCC[N+](=O)[O-]. The van der Waals surface area contributed by atoms with Gasteiger partial charge in [-0.05, 0) is 0 Å². The molecule has 0 N–H and O–H groups in total. The van der Waals surface area contributed by atoms with E-state index in [9.17, 15) is 23.7 Å². The first-order valence-corrected chi connectivity index (χ1v) is 3.01. The van der Waals surface area contributed by atoms with Crippen LogP contribution in [-0.2, 0) is 9.53 Å². The molecule has 70 valence electrons. The number of hydrogen-bond acceptors (Lipinski definition) is 4. The van der Waals surface area contributed by atoms with Gasteiger partial charge in [0.05, 0.1) is 0 Å². The quantitative estimate of drug-likeness (QED) is 0.458. The Balaban J connectivity index is 3.76. The lowest BCUT2D eigenvalue weighted by atomic mass is 10.4. The van der Waals surface area contributed by atoms with Crippen LogP contribution in [0.25, 0.3) is 0 Å². The smallest absolute Gasteiger partial charge is 0.307 e. The fraction of sp³-hybridized carbons (Fsp3) is 0.800. The molecule has 0 saturated heterocycles. The Hall–Kier alpha value is -1.11. The Morgan fingerprint density at radius 3 is 2.50 bits per heavy atom. The summed E-state index contributed by atoms with van der Waals surface area (Å²) in [5.74, 6) is -1.47. The third kappa shape index (κ3) is 3.91. The Morgan fingerprint density at radius 1 is 1.67 bits per heavy atom. The van der Waals surface area contributed by atoms with Crippen molar-refractivity contribution in [1.29, 1.82) is 0 Å². The minimum Gasteiger partial charge on any atom is -0.307 e. The van der Waals surface area contributed by atoms with Gasteiger partial charge in [-0.3, -0.25) is 14.9 Å². The van der Waals surface area contributed by atoms with Crippen molar-refractivity contribution in [3.63, 3.8) is 0 Å². The maximum Gasteiger partial charge on any atom is 0.416 e. The van der Waals surface area contributed by atoms with Crippen LogP contribution < -0.4 is 0 Å². The molecule has 0 unspecified atom stereocenters. The van der Waals surface area contributed by atoms with E-state index in [0.29, 0.717) is 6.92 Å². The van der Waals surface area contributed by atoms with E-state index in [0.717, 1.165) is 0 Å². The van der Waals surface area contributed by atoms with Crippen molar-refractivity contribution in [2.45, 2.75) is 13.0 Å². The molecule has 0 saturated carbocycles. The van der Waals surface area contributed by atoms with E-state index in [4.69, 9.17) is 0 Å². The first-order chi connectivity index (χ1) is 5.36. The number of ketones is 1. The molecule has 0 spiro atoms. The lowest BCUT2D eigenvalue weighted by molar-refractivity contribution is -0.487. The molecule has 0 rings (SSSR count). The largest absolute Gasteiger partial charge is 0.416 e. The molecule has 0 radical (unpaired) electrons. The molecule has 0 fully saturated rings. The zero-order chi connectivity index (χ0) is 9.78. The number of halogens is 2. The monoisotopic (exact) mass is 183 g/mol. The summed E-state index contributed by atoms with van der Waals surface area (Å²) in [6.07, 6.45) is -3.91. The van der Waals surface area contributed by atoms with Crippen LogP contribution in [-0.4, -0.2) is 30.0 Å². The topological polar surface area (TPSA) is 69.4 Å². The number of carbonyl (C=O) groups is 1. The van der Waals surface area contributed by atoms with E-state index in [2.05, 4.69) is 4.74 Å². The van der Waals surface area contributed by atoms with Gasteiger partial charge in [-0.25, -0.2) is 0 Å². The average molecular weight is 183 g/mol. The fourth-order valence-corrected chi connectivity index (χ4v) is 0.350. The minimum absolute atomic E-state index is 0.645. The highest BCUT2D eigenvalue weighted by molar-refractivity contribution is 5.81. The van der Waals surface area contributed by atoms with E-state index < -0.39 is 30.0 Å². The van der Waals surface area contributed by atoms with Gasteiger partial charge in [-0.15, -0.1) is 0 Å². The molecular formula is C5H7F2NO4. The predicted molar refractivity (Wildman–Crippen MR) is 33.4 cm³/mol. The minimum atomic E-state index is -3.91. The predicted octanol–water partition coefficient (Wildman–Crippen LogP) is 0.462. The third-order valence-electron chi connectivity index (χ3n) is 0.967. The summed E-state index contributed by atoms with van der Waals surface area (Å²) in [6, 6.07) is 0. The number of nitrogens with zero attached hydrogens (tertiary/aromatic N) is 1. The molecule has 0 aliphatic heterocycles. The Labute approximate surface area is 66.5 Å². The lowest BCUT2D eigenvalue weighted by Gasteiger charge is -2.10. The maximum atomic E-state index is 12.2. The molecule has 0 aliphatic rings. The first kappa shape index (κ1) is 10.9. The molecule has 0 amide bonds. The second-order valence-electron chi connectivity index (χ2n) is 1.98. The van der Waals surface area contributed by atoms with Crippen LogP contribution in [0.3, 0.4) is 0 Å². The molecule has 12 heavy (non-hydrogen) atoms. The number of Topliss-reactive ketones (excluding diaryl/α,β-unsaturated/α-hetero) is 1. The molecule has 0 aromatic carbocycles. The van der Waals surface area contributed by atoms with Crippen LogP contribution >= 0.6 is 0 Å². The number of rotatable bonds is 5. The van der Waals surface area contributed by atoms with Gasteiger partial charge in [-0.1, -0.05) is 0 Å². The summed E-state index contributed by atoms with van der Waals surface area (Å²) in [4.78, 5) is 18.9. The average Bonchev–Trinajstić information content (AvgIpc) is 1.85. The molecule has 5 nitrogen and oxygen atoms in total. The highest BCUT2D eigenvalue weighted by atomic mass is 19.3. The van der Waals surface area contributed by atoms with E-state index in [1.54, 1.807) is 0 Å². The standard InChI is InChI=1S/C5H7F2NO4/c1-4(9)5(6,7)12-3-2-8(10)11/h2-3H2,1H3. The van der Waals surface area contributed by atoms with Gasteiger partial charge >= 0.3 is 6.11 Å². The maximum absolute atomic E-state index is 12.2. The summed E-state index contributed by atoms with van der Waals surface area (Å²) in [5.41, 5.74) is 0. The number of ether oxygens (including phenoxy) is 1. The van der Waals surface area contributed by atoms with Crippen molar-refractivity contribution in [2.75, 3.05) is 13.2 Å². The Kier molecular flexibility index (Phi) is 3.68. The van der Waals surface area contributed by atoms with Crippen LogP contribution in [0.1, 0.15) is 6.92 Å². The molecule has 0 aliphatic carbocycles. The zero-order valence-corrected chi connectivity index (χ0v) is 6.25. The van der Waals surface area contributed by atoms with Gasteiger partial charge in [0.15, 0.2) is 0 Å². The van der Waals surface area contributed by atoms with Gasteiger partial charge in [-0.2, -0.15) is 8.78 Å². The highest BCUT2D eigenvalue weighted by Crippen LogP contribution is 2.15. The van der Waals surface area contributed by atoms with E-state index >= 15 is 0 Å². The van der Waals surface area contributed by atoms with E-state index in [1.807, 2.05) is 0 Å². The second kappa shape index (κ2) is 4.05. The van der Waals surface area contributed by atoms with Crippen LogP contribution in [0.2, 0.25) is 0 Å². The summed E-state index contributed by atoms with van der Waals surface area (Å²) in [6.45, 7) is -0.880. The first-order valence-electron chi connectivity index (χ1n) is 3.01. The molecule has 0 atom stereocenters. The molecule has 0 aromatic heterocycles. The third-order valence-corrected chi connectivity index (χ3v) is 0.967. The molecule has 0 bridgehead atoms. The summed E-state index contributed by atoms with van der Waals surface area (Å²) in [5, 5.41) is 9.65. The van der Waals surface area contributed by atoms with Crippen LogP contribution in [0.4, 0.5) is 8.78 Å². The van der Waals surface area contributed by atoms with Crippen molar-refractivity contribution in [1.82, 2.24) is 0 Å². The van der Waals surface area contributed by atoms with E-state index in [1.165, 1.54) is 0 Å². The molecule has 0 aromatic rings. The van der Waals surface area contributed by atoms with Gasteiger partial charge in [0.2, 0.25) is 12.3 Å². The fourth-order valence-electron chi connectivity index (χ4n) is 0.350. The van der Waals surface area contributed by atoms with Gasteiger partial charge in [0, 0.05) is 11.8 Å². The summed E-state index contributed by atoms with van der Waals surface area (Å²) < 4.78 is 28.1. The van der Waals surface area contributed by atoms with Crippen LogP contribution in [0, 0.1) is 10.1 Å². The number of nitro groups is 1. The van der Waals surface area contributed by atoms with Crippen molar-refractivity contribution in [2.24, 2.45) is 0 Å². The molecular weight excluding hydrogens is 176 g/mol. The van der Waals surface area contributed by atoms with Crippen molar-refractivity contribution >= 4 is 5.78 Å². The normalized spacial score (nSPS) is 11.2. The second-order valence-corrected chi connectivity index (χ2v) is 1.98. The lowest BCUT2D eigenvalue weighted by Crippen LogP contribution is -2.31. The number of carbonyl (C=O) groups excluding carboxylic acids is 1. The van der Waals surface area contributed by atoms with Gasteiger partial charge in [0.25, 0.3) is 0 Å². The zero-order valence-electron chi connectivity index (χ0n) is 6.25. The summed E-state index contributed by atoms with van der Waals surface area (Å²) in [7, 11) is 0. The Bertz CT molecular complexity index is 194. The highest BCUT2D eigenvalue weighted by Gasteiger charge is 2.36. The molecule has 7 heteroatoms. The van der Waals surface area contributed by atoms with Crippen molar-refractivity contribution in [3.8, 4) is 0 Å².